The van der Waals surface area contributed by atoms with E-state index in [0.717, 1.165) is 24.6 Å². The lowest BCUT2D eigenvalue weighted by Gasteiger charge is -2.38. The van der Waals surface area contributed by atoms with Gasteiger partial charge in [0.1, 0.15) is 0 Å². The van der Waals surface area contributed by atoms with Crippen molar-refractivity contribution in [2.75, 3.05) is 37.7 Å². The Morgan fingerprint density at radius 3 is 3.06 bits per heavy atom. The van der Waals surface area contributed by atoms with Gasteiger partial charge in [0.05, 0.1) is 12.2 Å². The molecule has 5 heteroatoms. The van der Waals surface area contributed by atoms with E-state index in [1.807, 2.05) is 30.5 Å². The van der Waals surface area contributed by atoms with E-state index in [0.29, 0.717) is 25.6 Å². The molecule has 1 unspecified atom stereocenters. The molecule has 17 heavy (non-hydrogen) atoms. The molecule has 0 spiro atoms. The zero-order valence-corrected chi connectivity index (χ0v) is 11.5. The van der Waals surface area contributed by atoms with Crippen molar-refractivity contribution in [3.63, 3.8) is 0 Å². The normalized spacial score (nSPS) is 29.1. The molecule has 2 fully saturated rings. The summed E-state index contributed by atoms with van der Waals surface area (Å²) in [5.41, 5.74) is -0.192. The Balaban J connectivity index is 1.82. The summed E-state index contributed by atoms with van der Waals surface area (Å²) in [4.78, 5) is 14.1. The maximum Gasteiger partial charge on any atom is 0.224 e. The Morgan fingerprint density at radius 1 is 1.59 bits per heavy atom. The minimum atomic E-state index is -0.192. The van der Waals surface area contributed by atoms with Crippen LogP contribution in [0.2, 0.25) is 0 Å². The highest BCUT2D eigenvalue weighted by Gasteiger charge is 2.30. The van der Waals surface area contributed by atoms with E-state index in [-0.39, 0.29) is 11.5 Å². The molecule has 4 nitrogen and oxygen atoms in total. The lowest BCUT2D eigenvalue weighted by Crippen LogP contribution is -2.52. The SMILES string of the molecule is CC1(C)CN(C(=O)CC2CSCCN2)CCO1. The number of ether oxygens (including phenoxy) is 1. The quantitative estimate of drug-likeness (QED) is 0.792. The van der Waals surface area contributed by atoms with Gasteiger partial charge in [-0.25, -0.2) is 0 Å². The molecular formula is C12H22N2O2S. The van der Waals surface area contributed by atoms with E-state index in [1.165, 1.54) is 0 Å². The molecule has 0 aromatic heterocycles. The zero-order chi connectivity index (χ0) is 12.3. The molecule has 2 aliphatic heterocycles. The molecule has 2 aliphatic rings. The van der Waals surface area contributed by atoms with Gasteiger partial charge in [0.15, 0.2) is 0 Å². The van der Waals surface area contributed by atoms with Crippen LogP contribution in [0.3, 0.4) is 0 Å². The molecule has 0 saturated carbocycles. The molecule has 0 aromatic rings. The number of morpholine rings is 1. The first kappa shape index (κ1) is 13.2. The first-order valence-corrected chi connectivity index (χ1v) is 7.45. The predicted octanol–water partition coefficient (Wildman–Crippen LogP) is 0.719. The third-order valence-corrected chi connectivity index (χ3v) is 4.33. The van der Waals surface area contributed by atoms with Crippen LogP contribution in [0.1, 0.15) is 20.3 Å². The van der Waals surface area contributed by atoms with Crippen molar-refractivity contribution in [1.29, 1.82) is 0 Å². The van der Waals surface area contributed by atoms with Gasteiger partial charge >= 0.3 is 0 Å². The van der Waals surface area contributed by atoms with E-state index < -0.39 is 0 Å². The summed E-state index contributed by atoms with van der Waals surface area (Å²) < 4.78 is 5.62. The topological polar surface area (TPSA) is 41.6 Å². The summed E-state index contributed by atoms with van der Waals surface area (Å²) >= 11 is 1.93. The number of carbonyl (C=O) groups is 1. The van der Waals surface area contributed by atoms with Gasteiger partial charge in [0, 0.05) is 43.6 Å². The van der Waals surface area contributed by atoms with Crippen LogP contribution in [0.4, 0.5) is 0 Å². The third kappa shape index (κ3) is 3.86. The maximum atomic E-state index is 12.2. The van der Waals surface area contributed by atoms with Crippen molar-refractivity contribution in [2.45, 2.75) is 31.9 Å². The standard InChI is InChI=1S/C12H22N2O2S/c1-12(2)9-14(4-5-16-12)11(15)7-10-8-17-6-3-13-10/h10,13H,3-9H2,1-2H3. The Hall–Kier alpha value is -0.260. The minimum Gasteiger partial charge on any atom is -0.372 e. The summed E-state index contributed by atoms with van der Waals surface area (Å²) in [7, 11) is 0. The largest absolute Gasteiger partial charge is 0.372 e. The molecule has 0 aliphatic carbocycles. The van der Waals surface area contributed by atoms with Gasteiger partial charge in [-0.05, 0) is 13.8 Å². The Bertz CT molecular complexity index is 278. The smallest absolute Gasteiger partial charge is 0.224 e. The first-order valence-electron chi connectivity index (χ1n) is 6.30. The van der Waals surface area contributed by atoms with E-state index >= 15 is 0 Å². The van der Waals surface area contributed by atoms with E-state index in [9.17, 15) is 4.79 Å². The lowest BCUT2D eigenvalue weighted by molar-refractivity contribution is -0.146. The number of carbonyl (C=O) groups excluding carboxylic acids is 1. The minimum absolute atomic E-state index is 0.192. The molecule has 2 saturated heterocycles. The Kier molecular flexibility index (Phi) is 4.33. The van der Waals surface area contributed by atoms with Gasteiger partial charge in [-0.1, -0.05) is 0 Å². The van der Waals surface area contributed by atoms with Crippen LogP contribution >= 0.6 is 11.8 Å². The van der Waals surface area contributed by atoms with Crippen LogP contribution in [0, 0.1) is 0 Å². The van der Waals surface area contributed by atoms with Crippen LogP contribution in [-0.4, -0.2) is 60.2 Å². The molecule has 0 aromatic carbocycles. The van der Waals surface area contributed by atoms with Gasteiger partial charge in [0.25, 0.3) is 0 Å². The van der Waals surface area contributed by atoms with Crippen molar-refractivity contribution in [2.24, 2.45) is 0 Å². The lowest BCUT2D eigenvalue weighted by atomic mass is 10.1. The average molecular weight is 258 g/mol. The molecule has 1 N–H and O–H groups in total. The highest BCUT2D eigenvalue weighted by atomic mass is 32.2. The summed E-state index contributed by atoms with van der Waals surface area (Å²) in [6.07, 6.45) is 0.628. The van der Waals surface area contributed by atoms with Crippen LogP contribution in [-0.2, 0) is 9.53 Å². The van der Waals surface area contributed by atoms with E-state index in [4.69, 9.17) is 4.74 Å². The first-order chi connectivity index (χ1) is 8.07. The van der Waals surface area contributed by atoms with Gasteiger partial charge in [-0.3, -0.25) is 4.79 Å². The van der Waals surface area contributed by atoms with Crippen LogP contribution in [0.25, 0.3) is 0 Å². The fourth-order valence-corrected chi connectivity index (χ4v) is 3.27. The van der Waals surface area contributed by atoms with Gasteiger partial charge in [0.2, 0.25) is 5.91 Å². The molecule has 0 radical (unpaired) electrons. The second-order valence-corrected chi connectivity index (χ2v) is 6.50. The predicted molar refractivity (Wildman–Crippen MR) is 70.3 cm³/mol. The molecule has 1 atom stereocenters. The third-order valence-electron chi connectivity index (χ3n) is 3.20. The molecule has 1 amide bonds. The molecule has 98 valence electrons. The van der Waals surface area contributed by atoms with Gasteiger partial charge < -0.3 is 15.0 Å². The monoisotopic (exact) mass is 258 g/mol. The van der Waals surface area contributed by atoms with Crippen LogP contribution in [0.15, 0.2) is 0 Å². The van der Waals surface area contributed by atoms with Crippen LogP contribution in [0.5, 0.6) is 0 Å². The molecular weight excluding hydrogens is 236 g/mol. The number of hydrogen-bond acceptors (Lipinski definition) is 4. The second kappa shape index (κ2) is 5.59. The van der Waals surface area contributed by atoms with Crippen molar-refractivity contribution in [3.8, 4) is 0 Å². The van der Waals surface area contributed by atoms with E-state index in [2.05, 4.69) is 5.32 Å². The maximum absolute atomic E-state index is 12.2. The van der Waals surface area contributed by atoms with Crippen molar-refractivity contribution in [3.05, 3.63) is 0 Å². The summed E-state index contributed by atoms with van der Waals surface area (Å²) in [6, 6.07) is 0.354. The number of thioether (sulfide) groups is 1. The second-order valence-electron chi connectivity index (χ2n) is 5.35. The summed E-state index contributed by atoms with van der Waals surface area (Å²) in [5, 5.41) is 3.41. The summed E-state index contributed by atoms with van der Waals surface area (Å²) in [6.45, 7) is 7.22. The Morgan fingerprint density at radius 2 is 2.41 bits per heavy atom. The number of hydrogen-bond donors (Lipinski definition) is 1. The highest BCUT2D eigenvalue weighted by molar-refractivity contribution is 7.99. The van der Waals surface area contributed by atoms with Crippen molar-refractivity contribution < 1.29 is 9.53 Å². The molecule has 2 heterocycles. The van der Waals surface area contributed by atoms with Crippen molar-refractivity contribution >= 4 is 17.7 Å². The number of nitrogens with zero attached hydrogens (tertiary/aromatic N) is 1. The summed E-state index contributed by atoms with van der Waals surface area (Å²) in [5.74, 6) is 2.48. The van der Waals surface area contributed by atoms with E-state index in [1.54, 1.807) is 0 Å². The number of rotatable bonds is 2. The zero-order valence-electron chi connectivity index (χ0n) is 10.7. The molecule has 0 bridgehead atoms. The Labute approximate surface area is 107 Å². The molecule has 2 rings (SSSR count). The number of nitrogens with one attached hydrogen (secondary N) is 1. The average Bonchev–Trinajstić information content (AvgIpc) is 2.29. The highest BCUT2D eigenvalue weighted by Crippen LogP contribution is 2.18. The fourth-order valence-electron chi connectivity index (χ4n) is 2.32. The number of amides is 1. The van der Waals surface area contributed by atoms with Gasteiger partial charge in [-0.15, -0.1) is 0 Å². The fraction of sp³-hybridized carbons (Fsp3) is 0.917. The van der Waals surface area contributed by atoms with Crippen LogP contribution < -0.4 is 5.32 Å². The van der Waals surface area contributed by atoms with Crippen molar-refractivity contribution in [1.82, 2.24) is 10.2 Å². The van der Waals surface area contributed by atoms with Gasteiger partial charge in [-0.2, -0.15) is 11.8 Å².